The fourth-order valence-corrected chi connectivity index (χ4v) is 5.37. The summed E-state index contributed by atoms with van der Waals surface area (Å²) in [6.07, 6.45) is 2.83. The zero-order chi connectivity index (χ0) is 18.5. The number of hydrogen-bond donors (Lipinski definition) is 3. The Morgan fingerprint density at radius 2 is 2.31 bits per heavy atom. The zero-order valence-corrected chi connectivity index (χ0v) is 15.7. The molecule has 26 heavy (non-hydrogen) atoms. The van der Waals surface area contributed by atoms with Crippen molar-refractivity contribution in [2.24, 2.45) is 11.3 Å². The first-order chi connectivity index (χ1) is 12.4. The van der Waals surface area contributed by atoms with E-state index in [-0.39, 0.29) is 17.4 Å². The molecule has 4 atom stereocenters. The minimum atomic E-state index is -0.485. The van der Waals surface area contributed by atoms with Gasteiger partial charge in [0.2, 0.25) is 0 Å². The van der Waals surface area contributed by atoms with E-state index in [1.54, 1.807) is 6.20 Å². The normalized spacial score (nSPS) is 31.7. The first-order valence-corrected chi connectivity index (χ1v) is 9.60. The molecule has 0 aromatic carbocycles. The van der Waals surface area contributed by atoms with Crippen molar-refractivity contribution >= 4 is 16.9 Å². The van der Waals surface area contributed by atoms with E-state index in [1.807, 2.05) is 18.2 Å². The second-order valence-corrected chi connectivity index (χ2v) is 8.29. The molecule has 0 bridgehead atoms. The Morgan fingerprint density at radius 1 is 1.50 bits per heavy atom. The molecule has 6 heteroatoms. The van der Waals surface area contributed by atoms with Gasteiger partial charge in [0.1, 0.15) is 11.3 Å². The van der Waals surface area contributed by atoms with Gasteiger partial charge < -0.3 is 15.4 Å². The van der Waals surface area contributed by atoms with Crippen LogP contribution in [0.5, 0.6) is 0 Å². The van der Waals surface area contributed by atoms with Crippen LogP contribution in [0, 0.1) is 11.3 Å². The molecule has 2 aromatic heterocycles. The number of aliphatic hydroxyl groups is 1. The number of carbonyl (C=O) groups excluding carboxylic acids is 1. The number of H-pyrrole nitrogens is 1. The number of aromatic nitrogens is 2. The van der Waals surface area contributed by atoms with E-state index in [1.165, 1.54) is 0 Å². The first-order valence-electron chi connectivity index (χ1n) is 9.60. The summed E-state index contributed by atoms with van der Waals surface area (Å²) >= 11 is 0. The summed E-state index contributed by atoms with van der Waals surface area (Å²) in [6.45, 7) is 8.76. The maximum Gasteiger partial charge on any atom is 0.268 e. The van der Waals surface area contributed by atoms with Crippen LogP contribution in [0.15, 0.2) is 24.4 Å². The zero-order valence-electron chi connectivity index (χ0n) is 15.7. The third-order valence-corrected chi connectivity index (χ3v) is 6.24. The topological polar surface area (TPSA) is 81.2 Å². The standard InChI is InChI=1S/C20H28N4O2/c1-4-24-11-20(17(24)12(2)3)9-15(16(25)10-20)23-19(26)14-8-13-6-5-7-21-18(13)22-14/h5-8,12,15-17,25H,4,9-11H2,1-3H3,(H,21,22)(H,23,26)/t15-,16-,17?,20?/m1/s1. The number of hydrogen-bond acceptors (Lipinski definition) is 4. The van der Waals surface area contributed by atoms with Crippen molar-refractivity contribution in [1.82, 2.24) is 20.2 Å². The molecule has 140 valence electrons. The highest BCUT2D eigenvalue weighted by Gasteiger charge is 2.58. The largest absolute Gasteiger partial charge is 0.391 e. The average molecular weight is 356 g/mol. The number of aromatic amines is 1. The smallest absolute Gasteiger partial charge is 0.268 e. The lowest BCUT2D eigenvalue weighted by molar-refractivity contribution is -0.0963. The summed E-state index contributed by atoms with van der Waals surface area (Å²) in [5, 5.41) is 14.6. The second kappa shape index (κ2) is 6.35. The molecule has 6 nitrogen and oxygen atoms in total. The Morgan fingerprint density at radius 3 is 3.00 bits per heavy atom. The molecule has 2 aromatic rings. The number of nitrogens with one attached hydrogen (secondary N) is 2. The monoisotopic (exact) mass is 356 g/mol. The van der Waals surface area contributed by atoms with E-state index < -0.39 is 6.10 Å². The van der Waals surface area contributed by atoms with Crippen molar-refractivity contribution in [3.05, 3.63) is 30.1 Å². The number of carbonyl (C=O) groups is 1. The number of fused-ring (bicyclic) bond motifs is 1. The summed E-state index contributed by atoms with van der Waals surface area (Å²) < 4.78 is 0. The SMILES string of the molecule is CCN1CC2(C[C@@H](O)[C@H](NC(=O)c3cc4cccnc4[nH]3)C2)C1C(C)C. The Hall–Kier alpha value is -1.92. The van der Waals surface area contributed by atoms with E-state index in [9.17, 15) is 9.90 Å². The number of rotatable bonds is 4. The lowest BCUT2D eigenvalue weighted by Crippen LogP contribution is -2.65. The van der Waals surface area contributed by atoms with Crippen molar-refractivity contribution in [2.45, 2.75) is 51.8 Å². The predicted molar refractivity (Wildman–Crippen MR) is 101 cm³/mol. The molecule has 1 aliphatic heterocycles. The minimum Gasteiger partial charge on any atom is -0.391 e. The summed E-state index contributed by atoms with van der Waals surface area (Å²) in [5.74, 6) is 0.377. The quantitative estimate of drug-likeness (QED) is 0.784. The van der Waals surface area contributed by atoms with Crippen molar-refractivity contribution < 1.29 is 9.90 Å². The van der Waals surface area contributed by atoms with Gasteiger partial charge in [0, 0.05) is 29.6 Å². The lowest BCUT2D eigenvalue weighted by atomic mass is 9.65. The molecule has 1 saturated carbocycles. The van der Waals surface area contributed by atoms with Gasteiger partial charge in [-0.05, 0) is 43.5 Å². The third-order valence-electron chi connectivity index (χ3n) is 6.24. The Kier molecular flexibility index (Phi) is 4.28. The third kappa shape index (κ3) is 2.72. The molecule has 1 saturated heterocycles. The van der Waals surface area contributed by atoms with Crippen LogP contribution in [0.1, 0.15) is 44.1 Å². The maximum absolute atomic E-state index is 12.7. The van der Waals surface area contributed by atoms with E-state index in [4.69, 9.17) is 0 Å². The van der Waals surface area contributed by atoms with Crippen LogP contribution in [0.3, 0.4) is 0 Å². The van der Waals surface area contributed by atoms with Crippen LogP contribution in [0.4, 0.5) is 0 Å². The maximum atomic E-state index is 12.7. The van der Waals surface area contributed by atoms with Gasteiger partial charge in [-0.1, -0.05) is 20.8 Å². The van der Waals surface area contributed by atoms with Crippen molar-refractivity contribution in [1.29, 1.82) is 0 Å². The molecule has 3 heterocycles. The van der Waals surface area contributed by atoms with Gasteiger partial charge in [-0.2, -0.15) is 0 Å². The van der Waals surface area contributed by atoms with Gasteiger partial charge in [-0.25, -0.2) is 4.98 Å². The Labute approximate surface area is 154 Å². The average Bonchev–Trinajstić information content (AvgIpc) is 3.15. The Balaban J connectivity index is 1.48. The van der Waals surface area contributed by atoms with E-state index in [0.29, 0.717) is 23.3 Å². The summed E-state index contributed by atoms with van der Waals surface area (Å²) in [6, 6.07) is 5.89. The van der Waals surface area contributed by atoms with Crippen LogP contribution in [0.2, 0.25) is 0 Å². The molecular weight excluding hydrogens is 328 g/mol. The number of likely N-dealkylation sites (tertiary alicyclic amines) is 1. The van der Waals surface area contributed by atoms with Gasteiger partial charge in [0.25, 0.3) is 5.91 Å². The Bertz CT molecular complexity index is 784. The highest BCUT2D eigenvalue weighted by Crippen LogP contribution is 2.52. The fourth-order valence-electron chi connectivity index (χ4n) is 5.37. The van der Waals surface area contributed by atoms with E-state index in [0.717, 1.165) is 31.3 Å². The van der Waals surface area contributed by atoms with Crippen LogP contribution in [0.25, 0.3) is 11.0 Å². The molecular formula is C20H28N4O2. The molecule has 1 amide bonds. The molecule has 3 N–H and O–H groups in total. The van der Waals surface area contributed by atoms with Gasteiger partial charge in [0.15, 0.2) is 0 Å². The van der Waals surface area contributed by atoms with Crippen molar-refractivity contribution in [3.8, 4) is 0 Å². The molecule has 4 rings (SSSR count). The number of nitrogens with zero attached hydrogens (tertiary/aromatic N) is 2. The fraction of sp³-hybridized carbons (Fsp3) is 0.600. The molecule has 0 radical (unpaired) electrons. The second-order valence-electron chi connectivity index (χ2n) is 8.29. The minimum absolute atomic E-state index is 0.129. The van der Waals surface area contributed by atoms with Crippen LogP contribution in [-0.4, -0.2) is 57.2 Å². The van der Waals surface area contributed by atoms with Gasteiger partial charge in [0.05, 0.1) is 12.1 Å². The van der Waals surface area contributed by atoms with Crippen LogP contribution >= 0.6 is 0 Å². The molecule has 2 unspecified atom stereocenters. The number of amides is 1. The van der Waals surface area contributed by atoms with Crippen LogP contribution < -0.4 is 5.32 Å². The van der Waals surface area contributed by atoms with Gasteiger partial charge in [-0.3, -0.25) is 9.69 Å². The first kappa shape index (κ1) is 17.5. The lowest BCUT2D eigenvalue weighted by Gasteiger charge is -2.58. The summed E-state index contributed by atoms with van der Waals surface area (Å²) in [4.78, 5) is 22.5. The molecule has 2 aliphatic rings. The summed E-state index contributed by atoms with van der Waals surface area (Å²) in [7, 11) is 0. The molecule has 2 fully saturated rings. The predicted octanol–water partition coefficient (Wildman–Crippen LogP) is 2.16. The highest BCUT2D eigenvalue weighted by atomic mass is 16.3. The highest BCUT2D eigenvalue weighted by molar-refractivity contribution is 5.97. The molecule has 1 spiro atoms. The summed E-state index contributed by atoms with van der Waals surface area (Å²) in [5.41, 5.74) is 1.33. The van der Waals surface area contributed by atoms with Gasteiger partial charge in [-0.15, -0.1) is 0 Å². The van der Waals surface area contributed by atoms with Crippen molar-refractivity contribution in [3.63, 3.8) is 0 Å². The van der Waals surface area contributed by atoms with E-state index in [2.05, 4.69) is 41.0 Å². The van der Waals surface area contributed by atoms with Crippen LogP contribution in [-0.2, 0) is 0 Å². The molecule has 1 aliphatic carbocycles. The van der Waals surface area contributed by atoms with Gasteiger partial charge >= 0.3 is 0 Å². The number of aliphatic hydroxyl groups excluding tert-OH is 1. The van der Waals surface area contributed by atoms with Crippen molar-refractivity contribution in [2.75, 3.05) is 13.1 Å². The number of pyridine rings is 1. The van der Waals surface area contributed by atoms with E-state index >= 15 is 0 Å².